The molecular formula is C15H21BrN2. The third-order valence-corrected chi connectivity index (χ3v) is 5.83. The number of nitrogens with zero attached hydrogens (tertiary/aromatic N) is 2. The van der Waals surface area contributed by atoms with Crippen LogP contribution in [0.15, 0.2) is 16.7 Å². The summed E-state index contributed by atoms with van der Waals surface area (Å²) in [7, 11) is 0. The van der Waals surface area contributed by atoms with Crippen molar-refractivity contribution < 1.29 is 0 Å². The monoisotopic (exact) mass is 308 g/mol. The second-order valence-electron chi connectivity index (χ2n) is 5.96. The SMILES string of the molecule is Cc1ccnc(N2CCC3(CCCC3)CC2)c1Br. The van der Waals surface area contributed by atoms with Crippen LogP contribution in [0.2, 0.25) is 0 Å². The lowest BCUT2D eigenvalue weighted by atomic mass is 9.77. The summed E-state index contributed by atoms with van der Waals surface area (Å²) < 4.78 is 1.17. The third-order valence-electron chi connectivity index (χ3n) is 4.85. The van der Waals surface area contributed by atoms with Crippen LogP contribution in [-0.2, 0) is 0 Å². The molecule has 0 N–H and O–H groups in total. The van der Waals surface area contributed by atoms with Gasteiger partial charge in [-0.1, -0.05) is 12.8 Å². The second kappa shape index (κ2) is 4.84. The van der Waals surface area contributed by atoms with E-state index in [0.29, 0.717) is 5.41 Å². The van der Waals surface area contributed by atoms with E-state index in [1.807, 2.05) is 6.20 Å². The summed E-state index contributed by atoms with van der Waals surface area (Å²) in [6, 6.07) is 2.07. The van der Waals surface area contributed by atoms with Gasteiger partial charge in [0.1, 0.15) is 5.82 Å². The van der Waals surface area contributed by atoms with E-state index in [9.17, 15) is 0 Å². The quantitative estimate of drug-likeness (QED) is 0.768. The van der Waals surface area contributed by atoms with Crippen LogP contribution in [0.1, 0.15) is 44.1 Å². The Labute approximate surface area is 118 Å². The highest BCUT2D eigenvalue weighted by molar-refractivity contribution is 9.10. The fourth-order valence-electron chi connectivity index (χ4n) is 3.56. The maximum atomic E-state index is 4.56. The maximum absolute atomic E-state index is 4.56. The first kappa shape index (κ1) is 12.5. The van der Waals surface area contributed by atoms with Crippen molar-refractivity contribution in [2.75, 3.05) is 18.0 Å². The third kappa shape index (κ3) is 2.18. The van der Waals surface area contributed by atoms with Crippen LogP contribution >= 0.6 is 15.9 Å². The number of halogens is 1. The number of aryl methyl sites for hydroxylation is 1. The molecule has 3 heteroatoms. The molecule has 0 bridgehead atoms. The topological polar surface area (TPSA) is 16.1 Å². The highest BCUT2D eigenvalue weighted by atomic mass is 79.9. The summed E-state index contributed by atoms with van der Waals surface area (Å²) in [5, 5.41) is 0. The number of hydrogen-bond acceptors (Lipinski definition) is 2. The van der Waals surface area contributed by atoms with Gasteiger partial charge in [-0.05, 0) is 65.6 Å². The average molecular weight is 309 g/mol. The molecule has 0 atom stereocenters. The Morgan fingerprint density at radius 3 is 2.50 bits per heavy atom. The predicted molar refractivity (Wildman–Crippen MR) is 79.0 cm³/mol. The van der Waals surface area contributed by atoms with E-state index >= 15 is 0 Å². The van der Waals surface area contributed by atoms with E-state index in [1.54, 1.807) is 0 Å². The molecule has 1 spiro atoms. The second-order valence-corrected chi connectivity index (χ2v) is 6.75. The Morgan fingerprint density at radius 1 is 1.17 bits per heavy atom. The van der Waals surface area contributed by atoms with Crippen LogP contribution in [0.3, 0.4) is 0 Å². The first-order valence-corrected chi connectivity index (χ1v) is 7.86. The standard InChI is InChI=1S/C15H21BrN2/c1-12-4-9-17-14(13(12)16)18-10-7-15(8-11-18)5-2-3-6-15/h4,9H,2-3,5-8,10-11H2,1H3. The normalized spacial score (nSPS) is 22.7. The molecule has 1 aromatic heterocycles. The molecule has 1 saturated carbocycles. The van der Waals surface area contributed by atoms with Crippen molar-refractivity contribution in [3.8, 4) is 0 Å². The van der Waals surface area contributed by atoms with E-state index in [4.69, 9.17) is 0 Å². The summed E-state index contributed by atoms with van der Waals surface area (Å²) in [4.78, 5) is 7.02. The summed E-state index contributed by atoms with van der Waals surface area (Å²) in [5.74, 6) is 1.14. The average Bonchev–Trinajstić information content (AvgIpc) is 2.83. The molecule has 2 nitrogen and oxygen atoms in total. The fraction of sp³-hybridized carbons (Fsp3) is 0.667. The number of hydrogen-bond donors (Lipinski definition) is 0. The van der Waals surface area contributed by atoms with Crippen LogP contribution < -0.4 is 4.90 Å². The number of pyridine rings is 1. The van der Waals surface area contributed by atoms with Gasteiger partial charge in [-0.15, -0.1) is 0 Å². The van der Waals surface area contributed by atoms with Gasteiger partial charge in [0.25, 0.3) is 0 Å². The Balaban J connectivity index is 1.74. The van der Waals surface area contributed by atoms with Gasteiger partial charge in [0.05, 0.1) is 4.47 Å². The molecule has 2 aliphatic rings. The van der Waals surface area contributed by atoms with Gasteiger partial charge in [0.15, 0.2) is 0 Å². The fourth-order valence-corrected chi connectivity index (χ4v) is 4.05. The van der Waals surface area contributed by atoms with Crippen LogP contribution in [0.5, 0.6) is 0 Å². The lowest BCUT2D eigenvalue weighted by molar-refractivity contribution is 0.226. The Bertz CT molecular complexity index is 428. The molecule has 3 rings (SSSR count). The van der Waals surface area contributed by atoms with Gasteiger partial charge in [0.2, 0.25) is 0 Å². The molecular weight excluding hydrogens is 288 g/mol. The Kier molecular flexibility index (Phi) is 3.35. The number of piperidine rings is 1. The largest absolute Gasteiger partial charge is 0.356 e. The van der Waals surface area contributed by atoms with Crippen molar-refractivity contribution in [1.29, 1.82) is 0 Å². The highest BCUT2D eigenvalue weighted by Crippen LogP contribution is 2.47. The molecule has 2 fully saturated rings. The summed E-state index contributed by atoms with van der Waals surface area (Å²) in [6.45, 7) is 4.49. The van der Waals surface area contributed by atoms with Crippen molar-refractivity contribution in [1.82, 2.24) is 4.98 Å². The minimum Gasteiger partial charge on any atom is -0.356 e. The first-order chi connectivity index (χ1) is 8.70. The molecule has 0 unspecified atom stereocenters. The minimum absolute atomic E-state index is 0.687. The van der Waals surface area contributed by atoms with E-state index < -0.39 is 0 Å². The van der Waals surface area contributed by atoms with Crippen molar-refractivity contribution in [3.63, 3.8) is 0 Å². The van der Waals surface area contributed by atoms with Crippen LogP contribution in [0, 0.1) is 12.3 Å². The van der Waals surface area contributed by atoms with Crippen molar-refractivity contribution >= 4 is 21.7 Å². The van der Waals surface area contributed by atoms with Gasteiger partial charge >= 0.3 is 0 Å². The highest BCUT2D eigenvalue weighted by Gasteiger charge is 2.37. The lowest BCUT2D eigenvalue weighted by Crippen LogP contribution is -2.39. The number of aromatic nitrogens is 1. The van der Waals surface area contributed by atoms with E-state index in [0.717, 1.165) is 5.82 Å². The molecule has 18 heavy (non-hydrogen) atoms. The van der Waals surface area contributed by atoms with Crippen LogP contribution in [0.25, 0.3) is 0 Å². The first-order valence-electron chi connectivity index (χ1n) is 7.06. The van der Waals surface area contributed by atoms with Crippen molar-refractivity contribution in [2.45, 2.75) is 45.4 Å². The Morgan fingerprint density at radius 2 is 1.83 bits per heavy atom. The number of anilines is 1. The van der Waals surface area contributed by atoms with Gasteiger partial charge in [0, 0.05) is 19.3 Å². The molecule has 1 aliphatic heterocycles. The smallest absolute Gasteiger partial charge is 0.143 e. The molecule has 2 heterocycles. The molecule has 1 aliphatic carbocycles. The summed E-state index contributed by atoms with van der Waals surface area (Å²) >= 11 is 3.69. The lowest BCUT2D eigenvalue weighted by Gasteiger charge is -2.40. The summed E-state index contributed by atoms with van der Waals surface area (Å²) in [6.07, 6.45) is 10.5. The van der Waals surface area contributed by atoms with E-state index in [1.165, 1.54) is 61.7 Å². The predicted octanol–water partition coefficient (Wildman–Crippen LogP) is 4.31. The van der Waals surface area contributed by atoms with Gasteiger partial charge < -0.3 is 4.90 Å². The molecule has 0 amide bonds. The van der Waals surface area contributed by atoms with Crippen LogP contribution in [0.4, 0.5) is 5.82 Å². The van der Waals surface area contributed by atoms with Gasteiger partial charge in [-0.25, -0.2) is 4.98 Å². The Hall–Kier alpha value is -0.570. The zero-order valence-corrected chi connectivity index (χ0v) is 12.7. The molecule has 1 saturated heterocycles. The summed E-state index contributed by atoms with van der Waals surface area (Å²) in [5.41, 5.74) is 1.97. The van der Waals surface area contributed by atoms with E-state index in [-0.39, 0.29) is 0 Å². The zero-order valence-electron chi connectivity index (χ0n) is 11.1. The van der Waals surface area contributed by atoms with E-state index in [2.05, 4.69) is 38.8 Å². The molecule has 1 aromatic rings. The molecule has 0 aromatic carbocycles. The van der Waals surface area contributed by atoms with Gasteiger partial charge in [-0.2, -0.15) is 0 Å². The van der Waals surface area contributed by atoms with Gasteiger partial charge in [-0.3, -0.25) is 0 Å². The molecule has 0 radical (unpaired) electrons. The van der Waals surface area contributed by atoms with Crippen molar-refractivity contribution in [2.24, 2.45) is 5.41 Å². The maximum Gasteiger partial charge on any atom is 0.143 e. The van der Waals surface area contributed by atoms with Crippen LogP contribution in [-0.4, -0.2) is 18.1 Å². The van der Waals surface area contributed by atoms with Crippen molar-refractivity contribution in [3.05, 3.63) is 22.3 Å². The zero-order chi connectivity index (χ0) is 12.6. The molecule has 98 valence electrons. The minimum atomic E-state index is 0.687. The number of rotatable bonds is 1.